The minimum absolute atomic E-state index is 0. The summed E-state index contributed by atoms with van der Waals surface area (Å²) in [7, 11) is 0. The van der Waals surface area contributed by atoms with Crippen molar-refractivity contribution < 1.29 is 38.3 Å². The Labute approximate surface area is 158 Å². The molecule has 0 aromatic carbocycles. The molecule has 1 N–H and O–H groups in total. The van der Waals surface area contributed by atoms with Gasteiger partial charge >= 0.3 is 0 Å². The molecule has 1 aliphatic heterocycles. The zero-order chi connectivity index (χ0) is 15.2. The molecule has 3 nitrogen and oxygen atoms in total. The van der Waals surface area contributed by atoms with E-state index in [0.29, 0.717) is 6.61 Å². The normalized spacial score (nSPS) is 41.7. The predicted molar refractivity (Wildman–Crippen MR) is 87.5 cm³/mol. The molecule has 5 rings (SSSR count). The van der Waals surface area contributed by atoms with Gasteiger partial charge in [0.05, 0.1) is 31.8 Å². The number of halogens is 1. The standard InChI is InChI=1S/C19H34NO2.HI/c1-2-20(5-3-4-6-20)13-18(21)14-22-19-10-15-7-16(11-19)9-17(8-15)12-19;/h15-18,21H,2-14H2,1H3;1H/q+1;/p-1. The van der Waals surface area contributed by atoms with Crippen molar-refractivity contribution >= 4 is 0 Å². The smallest absolute Gasteiger partial charge is 0.126 e. The maximum Gasteiger partial charge on any atom is 0.126 e. The summed E-state index contributed by atoms with van der Waals surface area (Å²) in [6, 6.07) is 0. The van der Waals surface area contributed by atoms with Crippen LogP contribution in [0.1, 0.15) is 58.3 Å². The first-order chi connectivity index (χ1) is 10.6. The van der Waals surface area contributed by atoms with E-state index in [1.54, 1.807) is 0 Å². The van der Waals surface area contributed by atoms with Gasteiger partial charge in [0.25, 0.3) is 0 Å². The fourth-order valence-electron chi connectivity index (χ4n) is 6.61. The van der Waals surface area contributed by atoms with Crippen LogP contribution in [-0.2, 0) is 4.74 Å². The lowest BCUT2D eigenvalue weighted by Gasteiger charge is -2.56. The number of aliphatic hydroxyl groups is 1. The number of hydrogen-bond donors (Lipinski definition) is 1. The SMILES string of the molecule is CC[N+]1(CC(O)COC23CC4CC(CC(C4)C2)C3)CCCC1.[I-]. The van der Waals surface area contributed by atoms with Crippen molar-refractivity contribution in [3.63, 3.8) is 0 Å². The van der Waals surface area contributed by atoms with Crippen LogP contribution in [0.15, 0.2) is 0 Å². The molecule has 0 aromatic heterocycles. The van der Waals surface area contributed by atoms with Gasteiger partial charge in [-0.25, -0.2) is 0 Å². The summed E-state index contributed by atoms with van der Waals surface area (Å²) in [4.78, 5) is 0. The lowest BCUT2D eigenvalue weighted by molar-refractivity contribution is -0.918. The van der Waals surface area contributed by atoms with E-state index >= 15 is 0 Å². The van der Waals surface area contributed by atoms with Crippen LogP contribution in [0.3, 0.4) is 0 Å². The third-order valence-electron chi connectivity index (χ3n) is 7.35. The average molecular weight is 435 g/mol. The molecule has 23 heavy (non-hydrogen) atoms. The lowest BCUT2D eigenvalue weighted by Crippen LogP contribution is -3.00. The van der Waals surface area contributed by atoms with E-state index in [1.807, 2.05) is 0 Å². The highest BCUT2D eigenvalue weighted by Crippen LogP contribution is 2.57. The highest BCUT2D eigenvalue weighted by molar-refractivity contribution is 5.03. The second kappa shape index (κ2) is 7.08. The van der Waals surface area contributed by atoms with Crippen LogP contribution in [-0.4, -0.2) is 54.1 Å². The summed E-state index contributed by atoms with van der Waals surface area (Å²) < 4.78 is 7.56. The molecule has 1 heterocycles. The summed E-state index contributed by atoms with van der Waals surface area (Å²) in [5, 5.41) is 10.6. The topological polar surface area (TPSA) is 29.5 Å². The molecule has 0 amide bonds. The molecule has 1 unspecified atom stereocenters. The molecule has 134 valence electrons. The molecule has 4 bridgehead atoms. The van der Waals surface area contributed by atoms with E-state index < -0.39 is 0 Å². The Bertz CT molecular complexity index is 373. The Morgan fingerprint density at radius 2 is 1.57 bits per heavy atom. The molecule has 4 saturated carbocycles. The third kappa shape index (κ3) is 3.75. The molecule has 4 heteroatoms. The zero-order valence-electron chi connectivity index (χ0n) is 14.7. The average Bonchev–Trinajstić information content (AvgIpc) is 2.93. The Morgan fingerprint density at radius 3 is 2.04 bits per heavy atom. The Hall–Kier alpha value is 0.610. The van der Waals surface area contributed by atoms with E-state index in [2.05, 4.69) is 6.92 Å². The molecule has 0 spiro atoms. The van der Waals surface area contributed by atoms with E-state index in [-0.39, 0.29) is 35.7 Å². The number of rotatable bonds is 6. The highest BCUT2D eigenvalue weighted by atomic mass is 127. The summed E-state index contributed by atoms with van der Waals surface area (Å²) >= 11 is 0. The molecule has 4 aliphatic carbocycles. The monoisotopic (exact) mass is 435 g/mol. The second-order valence-electron chi connectivity index (χ2n) is 9.06. The van der Waals surface area contributed by atoms with Crippen molar-refractivity contribution in [2.45, 2.75) is 70.0 Å². The van der Waals surface area contributed by atoms with Crippen molar-refractivity contribution in [2.24, 2.45) is 17.8 Å². The van der Waals surface area contributed by atoms with E-state index in [4.69, 9.17) is 4.74 Å². The van der Waals surface area contributed by atoms with Gasteiger partial charge in [-0.2, -0.15) is 0 Å². The Balaban J connectivity index is 0.00000156. The minimum atomic E-state index is -0.272. The van der Waals surface area contributed by atoms with Crippen LogP contribution in [0, 0.1) is 17.8 Å². The zero-order valence-corrected chi connectivity index (χ0v) is 16.8. The van der Waals surface area contributed by atoms with Crippen molar-refractivity contribution in [3.05, 3.63) is 0 Å². The van der Waals surface area contributed by atoms with Gasteiger partial charge in [-0.05, 0) is 63.2 Å². The van der Waals surface area contributed by atoms with Gasteiger partial charge in [0.2, 0.25) is 0 Å². The van der Waals surface area contributed by atoms with Gasteiger partial charge in [-0.3, -0.25) is 0 Å². The molecule has 5 fully saturated rings. The number of hydrogen-bond acceptors (Lipinski definition) is 2. The summed E-state index contributed by atoms with van der Waals surface area (Å²) in [6.45, 7) is 7.43. The third-order valence-corrected chi connectivity index (χ3v) is 7.35. The van der Waals surface area contributed by atoms with Crippen molar-refractivity contribution in [1.82, 2.24) is 0 Å². The van der Waals surface area contributed by atoms with Crippen molar-refractivity contribution in [3.8, 4) is 0 Å². The van der Waals surface area contributed by atoms with E-state index in [1.165, 1.54) is 64.5 Å². The lowest BCUT2D eigenvalue weighted by atomic mass is 9.54. The van der Waals surface area contributed by atoms with E-state index in [0.717, 1.165) is 35.3 Å². The number of quaternary nitrogens is 1. The second-order valence-corrected chi connectivity index (χ2v) is 9.06. The fourth-order valence-corrected chi connectivity index (χ4v) is 6.61. The molecule has 5 aliphatic rings. The van der Waals surface area contributed by atoms with Gasteiger partial charge in [-0.1, -0.05) is 0 Å². The molecule has 0 radical (unpaired) electrons. The van der Waals surface area contributed by atoms with Crippen molar-refractivity contribution in [1.29, 1.82) is 0 Å². The number of aliphatic hydroxyl groups excluding tert-OH is 1. The van der Waals surface area contributed by atoms with Crippen molar-refractivity contribution in [2.75, 3.05) is 32.8 Å². The number of likely N-dealkylation sites (tertiary alicyclic amines) is 1. The highest BCUT2D eigenvalue weighted by Gasteiger charge is 2.51. The van der Waals surface area contributed by atoms with Gasteiger partial charge in [0.15, 0.2) is 0 Å². The number of likely N-dealkylation sites (N-methyl/N-ethyl adjacent to an activating group) is 1. The van der Waals surface area contributed by atoms with Gasteiger partial charge < -0.3 is 38.3 Å². The van der Waals surface area contributed by atoms with Crippen LogP contribution in [0.5, 0.6) is 0 Å². The number of ether oxygens (including phenoxy) is 1. The van der Waals surface area contributed by atoms with Gasteiger partial charge in [0.1, 0.15) is 12.6 Å². The molecule has 1 saturated heterocycles. The number of nitrogens with zero attached hydrogens (tertiary/aromatic N) is 1. The van der Waals surface area contributed by atoms with Gasteiger partial charge in [-0.15, -0.1) is 0 Å². The van der Waals surface area contributed by atoms with Crippen LogP contribution >= 0.6 is 0 Å². The quantitative estimate of drug-likeness (QED) is 0.469. The van der Waals surface area contributed by atoms with Crippen LogP contribution in [0.25, 0.3) is 0 Å². The Morgan fingerprint density at radius 1 is 1.04 bits per heavy atom. The largest absolute Gasteiger partial charge is 1.00 e. The molecular formula is C19H34INO2. The van der Waals surface area contributed by atoms with Gasteiger partial charge in [0, 0.05) is 12.8 Å². The summed E-state index contributed by atoms with van der Waals surface area (Å²) in [5.41, 5.74) is 0.151. The molecule has 0 aromatic rings. The molecular weight excluding hydrogens is 401 g/mol. The van der Waals surface area contributed by atoms with Crippen LogP contribution in [0.2, 0.25) is 0 Å². The van der Waals surface area contributed by atoms with Crippen LogP contribution < -0.4 is 24.0 Å². The first-order valence-electron chi connectivity index (χ1n) is 9.77. The molecule has 1 atom stereocenters. The minimum Gasteiger partial charge on any atom is -1.00 e. The first kappa shape index (κ1) is 18.4. The first-order valence-corrected chi connectivity index (χ1v) is 9.77. The maximum absolute atomic E-state index is 10.6. The summed E-state index contributed by atoms with van der Waals surface area (Å²) in [5.74, 6) is 2.78. The Kier molecular flexibility index (Phi) is 5.67. The fraction of sp³-hybridized carbons (Fsp3) is 1.00. The van der Waals surface area contributed by atoms with E-state index in [9.17, 15) is 5.11 Å². The predicted octanol–water partition coefficient (Wildman–Crippen LogP) is -0.0328. The van der Waals surface area contributed by atoms with Crippen LogP contribution in [0.4, 0.5) is 0 Å². The summed E-state index contributed by atoms with van der Waals surface area (Å²) in [6.07, 6.45) is 10.6. The maximum atomic E-state index is 10.6.